The standard InChI is InChI=1S/C25H30N4O4S.3H2/c1-6-7-13-26-21-9-8-10-22(28-21)34(31,32)29-24(30)20-12-11-19(5)27-25(20)33-23-17(3)14-16(2)15-18(23)4;;;/h8-12,14-15H,6-7,13H2,1-5H3,(H,26,28)(H,29,30);3*1H. The average molecular weight is 489 g/mol. The van der Waals surface area contributed by atoms with E-state index in [2.05, 4.69) is 26.9 Å². The molecule has 0 unspecified atom stereocenters. The molecule has 0 bridgehead atoms. The van der Waals surface area contributed by atoms with Gasteiger partial charge in [0.25, 0.3) is 15.9 Å². The number of anilines is 1. The Morgan fingerprint density at radius 3 is 2.41 bits per heavy atom. The number of nitrogens with one attached hydrogen (secondary N) is 2. The lowest BCUT2D eigenvalue weighted by Crippen LogP contribution is -2.31. The van der Waals surface area contributed by atoms with Gasteiger partial charge in [0, 0.05) is 16.5 Å². The van der Waals surface area contributed by atoms with Crippen LogP contribution in [0.3, 0.4) is 0 Å². The van der Waals surface area contributed by atoms with Crippen LogP contribution < -0.4 is 14.8 Å². The minimum absolute atomic E-state index is 0. The van der Waals surface area contributed by atoms with Crippen molar-refractivity contribution in [1.82, 2.24) is 14.7 Å². The van der Waals surface area contributed by atoms with E-state index in [0.29, 0.717) is 23.8 Å². The zero-order valence-electron chi connectivity index (χ0n) is 20.1. The van der Waals surface area contributed by atoms with Crippen molar-refractivity contribution < 1.29 is 22.2 Å². The van der Waals surface area contributed by atoms with Crippen molar-refractivity contribution in [1.29, 1.82) is 0 Å². The van der Waals surface area contributed by atoms with Gasteiger partial charge in [0.05, 0.1) is 0 Å². The number of carbonyl (C=O) groups is 1. The van der Waals surface area contributed by atoms with Gasteiger partial charge < -0.3 is 10.1 Å². The number of hydrogen-bond donors (Lipinski definition) is 2. The summed E-state index contributed by atoms with van der Waals surface area (Å²) < 4.78 is 33.9. The summed E-state index contributed by atoms with van der Waals surface area (Å²) in [5.41, 5.74) is 3.49. The Labute approximate surface area is 205 Å². The van der Waals surface area contributed by atoms with E-state index < -0.39 is 15.9 Å². The van der Waals surface area contributed by atoms with E-state index in [4.69, 9.17) is 4.74 Å². The number of nitrogens with zero attached hydrogens (tertiary/aromatic N) is 2. The molecule has 1 amide bonds. The van der Waals surface area contributed by atoms with Gasteiger partial charge in [-0.3, -0.25) is 4.79 Å². The highest BCUT2D eigenvalue weighted by atomic mass is 32.2. The molecule has 9 heteroatoms. The van der Waals surface area contributed by atoms with Crippen LogP contribution in [-0.4, -0.2) is 30.8 Å². The maximum Gasteiger partial charge on any atom is 0.281 e. The molecule has 3 aromatic rings. The zero-order chi connectivity index (χ0) is 24.9. The molecule has 34 heavy (non-hydrogen) atoms. The molecule has 0 radical (unpaired) electrons. The highest BCUT2D eigenvalue weighted by Gasteiger charge is 2.24. The topological polar surface area (TPSA) is 110 Å². The van der Waals surface area contributed by atoms with E-state index >= 15 is 0 Å². The van der Waals surface area contributed by atoms with E-state index in [1.54, 1.807) is 25.1 Å². The number of aryl methyl sites for hydroxylation is 4. The normalized spacial score (nSPS) is 11.2. The van der Waals surface area contributed by atoms with Crippen LogP contribution in [0.2, 0.25) is 0 Å². The number of amides is 1. The van der Waals surface area contributed by atoms with Gasteiger partial charge in [0.1, 0.15) is 17.1 Å². The lowest BCUT2D eigenvalue weighted by Gasteiger charge is -2.15. The third kappa shape index (κ3) is 6.11. The van der Waals surface area contributed by atoms with Crippen LogP contribution in [0, 0.1) is 27.7 Å². The van der Waals surface area contributed by atoms with Crippen molar-refractivity contribution >= 4 is 21.7 Å². The first kappa shape index (κ1) is 25.2. The molecule has 2 N–H and O–H groups in total. The first-order valence-corrected chi connectivity index (χ1v) is 12.6. The van der Waals surface area contributed by atoms with Gasteiger partial charge in [-0.15, -0.1) is 0 Å². The van der Waals surface area contributed by atoms with Crippen molar-refractivity contribution in [3.8, 4) is 11.6 Å². The predicted molar refractivity (Wildman–Crippen MR) is 138 cm³/mol. The summed E-state index contributed by atoms with van der Waals surface area (Å²) in [6, 6.07) is 11.6. The monoisotopic (exact) mass is 488 g/mol. The van der Waals surface area contributed by atoms with Crippen LogP contribution in [0.15, 0.2) is 47.5 Å². The SMILES string of the molecule is CCCCNc1cccc(S(=O)(=O)NC(=O)c2ccc(C)nc2Oc2c(C)cc(C)cc2C)n1.[HH].[HH].[HH]. The molecule has 8 nitrogen and oxygen atoms in total. The highest BCUT2D eigenvalue weighted by molar-refractivity contribution is 7.90. The molecule has 0 saturated carbocycles. The van der Waals surface area contributed by atoms with E-state index in [0.717, 1.165) is 29.5 Å². The zero-order valence-corrected chi connectivity index (χ0v) is 20.9. The average Bonchev–Trinajstić information content (AvgIpc) is 2.76. The molecular weight excluding hydrogens is 452 g/mol. The quantitative estimate of drug-likeness (QED) is 0.379. The molecular formula is C25H36N4O4S. The van der Waals surface area contributed by atoms with E-state index in [1.165, 1.54) is 12.1 Å². The molecule has 0 saturated heterocycles. The Morgan fingerprint density at radius 1 is 1.03 bits per heavy atom. The van der Waals surface area contributed by atoms with Crippen LogP contribution >= 0.6 is 0 Å². The number of aromatic nitrogens is 2. The number of rotatable bonds is 9. The van der Waals surface area contributed by atoms with Gasteiger partial charge in [-0.25, -0.2) is 14.7 Å². The maximum atomic E-state index is 13.0. The fourth-order valence-corrected chi connectivity index (χ4v) is 4.43. The van der Waals surface area contributed by atoms with Crippen LogP contribution in [0.4, 0.5) is 5.82 Å². The van der Waals surface area contributed by atoms with E-state index in [1.807, 2.05) is 32.9 Å². The van der Waals surface area contributed by atoms with Crippen LogP contribution in [0.5, 0.6) is 11.6 Å². The predicted octanol–water partition coefficient (Wildman–Crippen LogP) is 5.57. The molecule has 0 aliphatic carbocycles. The largest absolute Gasteiger partial charge is 0.438 e. The first-order valence-electron chi connectivity index (χ1n) is 11.1. The Morgan fingerprint density at radius 2 is 1.74 bits per heavy atom. The molecule has 3 rings (SSSR count). The molecule has 0 aliphatic rings. The van der Waals surface area contributed by atoms with Crippen LogP contribution in [-0.2, 0) is 10.0 Å². The lowest BCUT2D eigenvalue weighted by molar-refractivity contribution is 0.0978. The Balaban J connectivity index is 0.00000432. The number of ether oxygens (including phenoxy) is 1. The Bertz CT molecular complexity index is 1300. The van der Waals surface area contributed by atoms with Crippen LogP contribution in [0.1, 0.15) is 56.8 Å². The molecule has 186 valence electrons. The number of benzene rings is 1. The Kier molecular flexibility index (Phi) is 7.88. The highest BCUT2D eigenvalue weighted by Crippen LogP contribution is 2.31. The van der Waals surface area contributed by atoms with Gasteiger partial charge in [0.15, 0.2) is 5.03 Å². The first-order chi connectivity index (χ1) is 16.1. The molecule has 0 atom stereocenters. The summed E-state index contributed by atoms with van der Waals surface area (Å²) >= 11 is 0. The second kappa shape index (κ2) is 10.6. The number of sulfonamides is 1. The van der Waals surface area contributed by atoms with Crippen molar-refractivity contribution in [2.45, 2.75) is 52.5 Å². The van der Waals surface area contributed by atoms with Gasteiger partial charge >= 0.3 is 0 Å². The van der Waals surface area contributed by atoms with E-state index in [-0.39, 0.29) is 20.7 Å². The minimum atomic E-state index is -4.22. The molecule has 2 heterocycles. The van der Waals surface area contributed by atoms with Crippen molar-refractivity contribution in [3.63, 3.8) is 0 Å². The second-order valence-electron chi connectivity index (χ2n) is 8.21. The number of pyridine rings is 2. The molecule has 1 aromatic carbocycles. The maximum absolute atomic E-state index is 13.0. The number of unbranched alkanes of at least 4 members (excludes halogenated alkanes) is 1. The fourth-order valence-electron chi connectivity index (χ4n) is 3.49. The van der Waals surface area contributed by atoms with Crippen LogP contribution in [0.25, 0.3) is 0 Å². The summed E-state index contributed by atoms with van der Waals surface area (Å²) in [4.78, 5) is 21.5. The van der Waals surface area contributed by atoms with Crippen molar-refractivity contribution in [3.05, 3.63) is 70.4 Å². The van der Waals surface area contributed by atoms with Crippen molar-refractivity contribution in [2.24, 2.45) is 0 Å². The summed E-state index contributed by atoms with van der Waals surface area (Å²) in [6.07, 6.45) is 1.93. The van der Waals surface area contributed by atoms with E-state index in [9.17, 15) is 13.2 Å². The summed E-state index contributed by atoms with van der Waals surface area (Å²) in [7, 11) is -4.22. The summed E-state index contributed by atoms with van der Waals surface area (Å²) in [5.74, 6) is 0.185. The lowest BCUT2D eigenvalue weighted by atomic mass is 10.1. The van der Waals surface area contributed by atoms with Gasteiger partial charge in [-0.1, -0.05) is 37.1 Å². The van der Waals surface area contributed by atoms with Crippen molar-refractivity contribution in [2.75, 3.05) is 11.9 Å². The molecule has 2 aromatic heterocycles. The minimum Gasteiger partial charge on any atom is -0.438 e. The number of hydrogen-bond acceptors (Lipinski definition) is 7. The molecule has 0 aliphatic heterocycles. The molecule has 0 spiro atoms. The summed E-state index contributed by atoms with van der Waals surface area (Å²) in [6.45, 7) is 10.3. The molecule has 0 fully saturated rings. The fraction of sp³-hybridized carbons (Fsp3) is 0.320. The Hall–Kier alpha value is -3.46. The third-order valence-corrected chi connectivity index (χ3v) is 6.34. The smallest absolute Gasteiger partial charge is 0.281 e. The van der Waals surface area contributed by atoms with Gasteiger partial charge in [-0.05, 0) is 69.5 Å². The summed E-state index contributed by atoms with van der Waals surface area (Å²) in [5, 5.41) is 2.83. The third-order valence-electron chi connectivity index (χ3n) is 5.11. The van der Waals surface area contributed by atoms with Gasteiger partial charge in [-0.2, -0.15) is 8.42 Å². The number of carbonyl (C=O) groups excluding carboxylic acids is 1. The van der Waals surface area contributed by atoms with Gasteiger partial charge in [0.2, 0.25) is 5.88 Å². The second-order valence-corrected chi connectivity index (χ2v) is 9.84.